The molecule has 1 N–H and O–H groups in total. The van der Waals surface area contributed by atoms with Crippen LogP contribution in [0.3, 0.4) is 0 Å². The Balaban J connectivity index is 2.33. The fourth-order valence-corrected chi connectivity index (χ4v) is 2.68. The van der Waals surface area contributed by atoms with Gasteiger partial charge >= 0.3 is 11.9 Å². The highest BCUT2D eigenvalue weighted by Crippen LogP contribution is 2.35. The molecular formula is C15H11NO6S. The first-order valence-electron chi connectivity index (χ1n) is 6.30. The first kappa shape index (κ1) is 16.5. The molecule has 0 aliphatic heterocycles. The molecule has 0 saturated heterocycles. The minimum absolute atomic E-state index is 0.0878. The van der Waals surface area contributed by atoms with Crippen LogP contribution < -0.4 is 0 Å². The van der Waals surface area contributed by atoms with Crippen molar-refractivity contribution in [1.29, 1.82) is 0 Å². The van der Waals surface area contributed by atoms with Crippen molar-refractivity contribution in [3.63, 3.8) is 0 Å². The number of carboxylic acid groups (broad SMARTS) is 1. The molecule has 23 heavy (non-hydrogen) atoms. The fraction of sp³-hybridized carbons (Fsp3) is 0.0667. The summed E-state index contributed by atoms with van der Waals surface area (Å²) in [6.07, 6.45) is 0. The first-order chi connectivity index (χ1) is 10.9. The zero-order valence-electron chi connectivity index (χ0n) is 11.9. The number of nitro benzene ring substituents is 1. The SMILES string of the molecule is COC(=O)c1ccc(Sc2ccc(C(=O)O)cc2)c([N+](=O)[O-])c1. The lowest BCUT2D eigenvalue weighted by molar-refractivity contribution is -0.387. The van der Waals surface area contributed by atoms with Crippen molar-refractivity contribution in [2.24, 2.45) is 0 Å². The highest BCUT2D eigenvalue weighted by molar-refractivity contribution is 7.99. The Bertz CT molecular complexity index is 772. The zero-order valence-corrected chi connectivity index (χ0v) is 12.7. The van der Waals surface area contributed by atoms with Crippen molar-refractivity contribution in [2.45, 2.75) is 9.79 Å². The molecule has 0 aliphatic rings. The number of esters is 1. The molecule has 118 valence electrons. The number of hydrogen-bond acceptors (Lipinski definition) is 6. The van der Waals surface area contributed by atoms with E-state index in [0.29, 0.717) is 9.79 Å². The molecule has 8 heteroatoms. The number of nitrogens with zero attached hydrogens (tertiary/aromatic N) is 1. The third-order valence-corrected chi connectivity index (χ3v) is 3.98. The van der Waals surface area contributed by atoms with E-state index >= 15 is 0 Å². The lowest BCUT2D eigenvalue weighted by atomic mass is 10.2. The summed E-state index contributed by atoms with van der Waals surface area (Å²) in [5.74, 6) is -1.70. The summed E-state index contributed by atoms with van der Waals surface area (Å²) in [5, 5.41) is 20.0. The molecule has 0 radical (unpaired) electrons. The average Bonchev–Trinajstić information content (AvgIpc) is 2.54. The van der Waals surface area contributed by atoms with Crippen molar-refractivity contribution in [3.05, 3.63) is 63.7 Å². The first-order valence-corrected chi connectivity index (χ1v) is 7.12. The van der Waals surface area contributed by atoms with Gasteiger partial charge in [0.2, 0.25) is 0 Å². The van der Waals surface area contributed by atoms with E-state index in [1.54, 1.807) is 12.1 Å². The Morgan fingerprint density at radius 3 is 2.26 bits per heavy atom. The maximum absolute atomic E-state index is 11.5. The Morgan fingerprint density at radius 1 is 1.13 bits per heavy atom. The maximum Gasteiger partial charge on any atom is 0.338 e. The van der Waals surface area contributed by atoms with E-state index in [-0.39, 0.29) is 16.8 Å². The van der Waals surface area contributed by atoms with E-state index in [2.05, 4.69) is 4.74 Å². The van der Waals surface area contributed by atoms with Gasteiger partial charge in [-0.05, 0) is 36.4 Å². The summed E-state index contributed by atoms with van der Waals surface area (Å²) in [7, 11) is 1.20. The molecule has 7 nitrogen and oxygen atoms in total. The number of benzene rings is 2. The molecule has 0 bridgehead atoms. The Morgan fingerprint density at radius 2 is 1.74 bits per heavy atom. The molecule has 0 heterocycles. The number of aromatic carboxylic acids is 1. The molecular weight excluding hydrogens is 322 g/mol. The molecule has 0 unspecified atom stereocenters. The van der Waals surface area contributed by atoms with Gasteiger partial charge in [-0.25, -0.2) is 9.59 Å². The van der Waals surface area contributed by atoms with E-state index < -0.39 is 16.9 Å². The van der Waals surface area contributed by atoms with Crippen molar-refractivity contribution in [1.82, 2.24) is 0 Å². The Labute approximate surface area is 135 Å². The van der Waals surface area contributed by atoms with Crippen LogP contribution in [0.4, 0.5) is 5.69 Å². The Kier molecular flexibility index (Phi) is 4.97. The number of nitro groups is 1. The van der Waals surface area contributed by atoms with Crippen LogP contribution in [0.2, 0.25) is 0 Å². The monoisotopic (exact) mass is 333 g/mol. The summed E-state index contributed by atoms with van der Waals surface area (Å²) in [6.45, 7) is 0. The summed E-state index contributed by atoms with van der Waals surface area (Å²) in [6, 6.07) is 10.0. The fourth-order valence-electron chi connectivity index (χ4n) is 1.78. The molecule has 2 aromatic rings. The third-order valence-electron chi connectivity index (χ3n) is 2.91. The van der Waals surface area contributed by atoms with Crippen LogP contribution in [0.15, 0.2) is 52.3 Å². The lowest BCUT2D eigenvalue weighted by Gasteiger charge is -2.05. The van der Waals surface area contributed by atoms with Crippen molar-refractivity contribution >= 4 is 29.4 Å². The second kappa shape index (κ2) is 6.93. The molecule has 2 aromatic carbocycles. The number of ether oxygens (including phenoxy) is 1. The maximum atomic E-state index is 11.5. The van der Waals surface area contributed by atoms with Crippen LogP contribution in [-0.2, 0) is 4.74 Å². The largest absolute Gasteiger partial charge is 0.478 e. The van der Waals surface area contributed by atoms with Crippen LogP contribution >= 0.6 is 11.8 Å². The summed E-state index contributed by atoms with van der Waals surface area (Å²) in [5.41, 5.74) is -0.00475. The smallest absolute Gasteiger partial charge is 0.338 e. The predicted octanol–water partition coefficient (Wildman–Crippen LogP) is 3.23. The number of hydrogen-bond donors (Lipinski definition) is 1. The summed E-state index contributed by atoms with van der Waals surface area (Å²) >= 11 is 1.10. The second-order valence-corrected chi connectivity index (χ2v) is 5.48. The van der Waals surface area contributed by atoms with Crippen LogP contribution in [0.1, 0.15) is 20.7 Å². The van der Waals surface area contributed by atoms with E-state index in [0.717, 1.165) is 17.8 Å². The number of carbonyl (C=O) groups excluding carboxylic acids is 1. The van der Waals surface area contributed by atoms with Crippen molar-refractivity contribution < 1.29 is 24.4 Å². The zero-order chi connectivity index (χ0) is 17.0. The minimum Gasteiger partial charge on any atom is -0.478 e. The van der Waals surface area contributed by atoms with E-state index in [1.165, 1.54) is 31.4 Å². The molecule has 0 amide bonds. The van der Waals surface area contributed by atoms with Crippen LogP contribution in [0, 0.1) is 10.1 Å². The summed E-state index contributed by atoms with van der Waals surface area (Å²) < 4.78 is 4.54. The number of methoxy groups -OCH3 is 1. The lowest BCUT2D eigenvalue weighted by Crippen LogP contribution is -2.02. The van der Waals surface area contributed by atoms with Crippen molar-refractivity contribution in [3.8, 4) is 0 Å². The van der Waals surface area contributed by atoms with E-state index in [9.17, 15) is 19.7 Å². The van der Waals surface area contributed by atoms with Gasteiger partial charge in [0.05, 0.1) is 28.1 Å². The van der Waals surface area contributed by atoms with Crippen molar-refractivity contribution in [2.75, 3.05) is 7.11 Å². The molecule has 2 rings (SSSR count). The topological polar surface area (TPSA) is 107 Å². The third kappa shape index (κ3) is 3.86. The van der Waals surface area contributed by atoms with Crippen LogP contribution in [0.25, 0.3) is 0 Å². The van der Waals surface area contributed by atoms with Gasteiger partial charge in [0.1, 0.15) is 0 Å². The molecule has 0 fully saturated rings. The van der Waals surface area contributed by atoms with E-state index in [1.807, 2.05) is 0 Å². The van der Waals surface area contributed by atoms with Gasteiger partial charge in [0, 0.05) is 11.0 Å². The highest BCUT2D eigenvalue weighted by atomic mass is 32.2. The Hall–Kier alpha value is -2.87. The number of carboxylic acids is 1. The highest BCUT2D eigenvalue weighted by Gasteiger charge is 2.19. The normalized spacial score (nSPS) is 10.1. The molecule has 0 aromatic heterocycles. The molecule has 0 spiro atoms. The minimum atomic E-state index is -1.05. The standard InChI is InChI=1S/C15H11NO6S/c1-22-15(19)10-4-7-13(12(8-10)16(20)21)23-11-5-2-9(3-6-11)14(17)18/h2-8H,1H3,(H,17,18). The van der Waals surface area contributed by atoms with Gasteiger partial charge in [-0.15, -0.1) is 0 Å². The van der Waals surface area contributed by atoms with Crippen LogP contribution in [0.5, 0.6) is 0 Å². The molecule has 0 aliphatic carbocycles. The van der Waals surface area contributed by atoms with Crippen LogP contribution in [-0.4, -0.2) is 29.1 Å². The van der Waals surface area contributed by atoms with Gasteiger partial charge in [-0.3, -0.25) is 10.1 Å². The average molecular weight is 333 g/mol. The quantitative estimate of drug-likeness (QED) is 0.508. The second-order valence-electron chi connectivity index (χ2n) is 4.36. The van der Waals surface area contributed by atoms with E-state index in [4.69, 9.17) is 5.11 Å². The van der Waals surface area contributed by atoms with Gasteiger partial charge < -0.3 is 9.84 Å². The van der Waals surface area contributed by atoms with Gasteiger partial charge in [-0.1, -0.05) is 11.8 Å². The summed E-state index contributed by atoms with van der Waals surface area (Å²) in [4.78, 5) is 33.8. The predicted molar refractivity (Wildman–Crippen MR) is 82.0 cm³/mol. The van der Waals surface area contributed by atoms with Gasteiger partial charge in [0.15, 0.2) is 0 Å². The van der Waals surface area contributed by atoms with Gasteiger partial charge in [-0.2, -0.15) is 0 Å². The molecule has 0 atom stereocenters. The molecule has 0 saturated carbocycles. The number of carbonyl (C=O) groups is 2. The number of rotatable bonds is 5. The van der Waals surface area contributed by atoms with Gasteiger partial charge in [0.25, 0.3) is 5.69 Å².